The number of carbonyl (C=O) groups is 1. The summed E-state index contributed by atoms with van der Waals surface area (Å²) in [5.74, 6) is -0.593. The number of carbonyl (C=O) groups excluding carboxylic acids is 1. The lowest BCUT2D eigenvalue weighted by Crippen LogP contribution is -2.51. The molecule has 0 saturated carbocycles. The van der Waals surface area contributed by atoms with Crippen molar-refractivity contribution in [1.29, 1.82) is 0 Å². The predicted molar refractivity (Wildman–Crippen MR) is 67.9 cm³/mol. The average molecular weight is 263 g/mol. The molecule has 2 aliphatic heterocycles. The number of phenols is 1. The predicted octanol–water partition coefficient (Wildman–Crippen LogP) is 1.37. The lowest BCUT2D eigenvalue weighted by molar-refractivity contribution is -0.183. The van der Waals surface area contributed by atoms with Crippen molar-refractivity contribution in [2.24, 2.45) is 0 Å². The van der Waals surface area contributed by atoms with E-state index in [0.717, 1.165) is 12.8 Å². The van der Waals surface area contributed by atoms with Crippen molar-refractivity contribution >= 4 is 5.91 Å². The Morgan fingerprint density at radius 2 is 2.11 bits per heavy atom. The lowest BCUT2D eigenvalue weighted by Gasteiger charge is -2.38. The number of ether oxygens (including phenoxy) is 2. The van der Waals surface area contributed by atoms with Gasteiger partial charge >= 0.3 is 0 Å². The van der Waals surface area contributed by atoms with Crippen LogP contribution in [0.5, 0.6) is 5.75 Å². The van der Waals surface area contributed by atoms with Gasteiger partial charge < -0.3 is 19.5 Å². The molecular weight excluding hydrogens is 246 g/mol. The molecule has 1 spiro atoms. The quantitative estimate of drug-likeness (QED) is 0.831. The summed E-state index contributed by atoms with van der Waals surface area (Å²) in [5, 5.41) is 9.45. The molecule has 2 fully saturated rings. The number of rotatable bonds is 1. The number of amides is 1. The number of benzene rings is 1. The molecule has 0 aromatic heterocycles. The van der Waals surface area contributed by atoms with Crippen LogP contribution >= 0.6 is 0 Å². The van der Waals surface area contributed by atoms with Gasteiger partial charge in [-0.3, -0.25) is 4.79 Å². The zero-order chi connectivity index (χ0) is 13.3. The molecule has 1 aromatic rings. The van der Waals surface area contributed by atoms with Crippen LogP contribution in [-0.2, 0) is 9.47 Å². The molecule has 1 N–H and O–H groups in total. The van der Waals surface area contributed by atoms with E-state index in [-0.39, 0.29) is 11.7 Å². The average Bonchev–Trinajstić information content (AvgIpc) is 2.86. The largest absolute Gasteiger partial charge is 0.508 e. The molecule has 0 bridgehead atoms. The minimum absolute atomic E-state index is 0.0888. The summed E-state index contributed by atoms with van der Waals surface area (Å²) in [4.78, 5) is 14.1. The first kappa shape index (κ1) is 12.4. The van der Waals surface area contributed by atoms with E-state index in [0.29, 0.717) is 31.9 Å². The Kier molecular flexibility index (Phi) is 3.16. The Bertz CT molecular complexity index is 482. The number of phenolic OH excluding ortho intramolecular Hbond substituents is 1. The van der Waals surface area contributed by atoms with Crippen molar-refractivity contribution in [3.05, 3.63) is 29.8 Å². The third kappa shape index (κ3) is 2.43. The van der Waals surface area contributed by atoms with Crippen molar-refractivity contribution in [3.8, 4) is 5.75 Å². The fourth-order valence-corrected chi connectivity index (χ4v) is 2.72. The van der Waals surface area contributed by atoms with Gasteiger partial charge in [0.15, 0.2) is 5.79 Å². The van der Waals surface area contributed by atoms with Crippen LogP contribution in [0.15, 0.2) is 24.3 Å². The van der Waals surface area contributed by atoms with E-state index in [1.807, 2.05) is 0 Å². The fraction of sp³-hybridized carbons (Fsp3) is 0.500. The number of hydrogen-bond donors (Lipinski definition) is 1. The van der Waals surface area contributed by atoms with E-state index >= 15 is 0 Å². The summed E-state index contributed by atoms with van der Waals surface area (Å²) in [5.41, 5.74) is 0.495. The molecule has 2 saturated heterocycles. The van der Waals surface area contributed by atoms with Gasteiger partial charge in [0.05, 0.1) is 19.8 Å². The van der Waals surface area contributed by atoms with Gasteiger partial charge in [0, 0.05) is 18.5 Å². The molecule has 0 atom stereocenters. The maximum absolute atomic E-state index is 12.4. The summed E-state index contributed by atoms with van der Waals surface area (Å²) in [6, 6.07) is 6.42. The van der Waals surface area contributed by atoms with Crippen molar-refractivity contribution in [2.75, 3.05) is 26.3 Å². The molecule has 1 aromatic carbocycles. The maximum atomic E-state index is 12.4. The molecule has 102 valence electrons. The highest BCUT2D eigenvalue weighted by Gasteiger charge is 2.42. The smallest absolute Gasteiger partial charge is 0.254 e. The Balaban J connectivity index is 1.76. The number of piperidine rings is 1. The number of nitrogens with zero attached hydrogens (tertiary/aromatic N) is 1. The molecule has 0 aliphatic carbocycles. The Labute approximate surface area is 111 Å². The van der Waals surface area contributed by atoms with Crippen LogP contribution in [0.3, 0.4) is 0 Å². The highest BCUT2D eigenvalue weighted by atomic mass is 16.7. The zero-order valence-corrected chi connectivity index (χ0v) is 10.7. The fourth-order valence-electron chi connectivity index (χ4n) is 2.72. The highest BCUT2D eigenvalue weighted by molar-refractivity contribution is 5.94. The molecule has 2 heterocycles. The molecule has 0 unspecified atom stereocenters. The van der Waals surface area contributed by atoms with E-state index < -0.39 is 5.79 Å². The highest BCUT2D eigenvalue weighted by Crippen LogP contribution is 2.30. The zero-order valence-electron chi connectivity index (χ0n) is 10.7. The van der Waals surface area contributed by atoms with Gasteiger partial charge in [-0.15, -0.1) is 0 Å². The summed E-state index contributed by atoms with van der Waals surface area (Å²) >= 11 is 0. The van der Waals surface area contributed by atoms with E-state index in [2.05, 4.69) is 0 Å². The Morgan fingerprint density at radius 1 is 1.32 bits per heavy atom. The van der Waals surface area contributed by atoms with Crippen LogP contribution in [0.1, 0.15) is 23.2 Å². The van der Waals surface area contributed by atoms with Gasteiger partial charge in [-0.05, 0) is 24.6 Å². The molecule has 3 rings (SSSR count). The van der Waals surface area contributed by atoms with Crippen LogP contribution < -0.4 is 0 Å². The van der Waals surface area contributed by atoms with Crippen LogP contribution in [0.2, 0.25) is 0 Å². The maximum Gasteiger partial charge on any atom is 0.254 e. The van der Waals surface area contributed by atoms with Crippen LogP contribution in [-0.4, -0.2) is 48.0 Å². The summed E-state index contributed by atoms with van der Waals surface area (Å²) in [6.45, 7) is 2.34. The molecule has 2 aliphatic rings. The van der Waals surface area contributed by atoms with Gasteiger partial charge in [-0.1, -0.05) is 6.07 Å². The number of hydrogen-bond acceptors (Lipinski definition) is 4. The summed E-state index contributed by atoms with van der Waals surface area (Å²) in [6.07, 6.45) is 1.70. The van der Waals surface area contributed by atoms with Crippen molar-refractivity contribution < 1.29 is 19.4 Å². The Morgan fingerprint density at radius 3 is 2.84 bits per heavy atom. The topological polar surface area (TPSA) is 59.0 Å². The van der Waals surface area contributed by atoms with Crippen LogP contribution in [0.4, 0.5) is 0 Å². The van der Waals surface area contributed by atoms with E-state index in [1.165, 1.54) is 6.07 Å². The first-order chi connectivity index (χ1) is 9.19. The van der Waals surface area contributed by atoms with Crippen molar-refractivity contribution in [1.82, 2.24) is 4.90 Å². The van der Waals surface area contributed by atoms with Crippen molar-refractivity contribution in [2.45, 2.75) is 18.6 Å². The first-order valence-electron chi connectivity index (χ1n) is 6.55. The summed E-state index contributed by atoms with van der Waals surface area (Å²) in [7, 11) is 0. The minimum atomic E-state index is -0.606. The first-order valence-corrected chi connectivity index (χ1v) is 6.55. The van der Waals surface area contributed by atoms with Crippen molar-refractivity contribution in [3.63, 3.8) is 0 Å². The van der Waals surface area contributed by atoms with E-state index in [4.69, 9.17) is 9.47 Å². The third-order valence-corrected chi connectivity index (χ3v) is 3.61. The normalized spacial score (nSPS) is 21.8. The van der Waals surface area contributed by atoms with Crippen LogP contribution in [0, 0.1) is 0 Å². The lowest BCUT2D eigenvalue weighted by atomic mass is 10.0. The van der Waals surface area contributed by atoms with Crippen LogP contribution in [0.25, 0.3) is 0 Å². The monoisotopic (exact) mass is 263 g/mol. The molecule has 0 radical (unpaired) electrons. The second-order valence-corrected chi connectivity index (χ2v) is 4.99. The third-order valence-electron chi connectivity index (χ3n) is 3.61. The summed E-state index contributed by atoms with van der Waals surface area (Å²) < 4.78 is 11.3. The van der Waals surface area contributed by atoms with Gasteiger partial charge in [0.25, 0.3) is 5.91 Å². The Hall–Kier alpha value is -1.59. The van der Waals surface area contributed by atoms with Gasteiger partial charge in [-0.25, -0.2) is 0 Å². The molecule has 1 amide bonds. The van der Waals surface area contributed by atoms with E-state index in [9.17, 15) is 9.90 Å². The standard InChI is InChI=1S/C14H17NO4/c16-12-4-1-3-11(9-12)13(17)15-6-2-5-14(10-15)18-7-8-19-14/h1,3-4,9,16H,2,5-8,10H2. The molecule has 5 heteroatoms. The molecule has 19 heavy (non-hydrogen) atoms. The minimum Gasteiger partial charge on any atom is -0.508 e. The van der Waals surface area contributed by atoms with E-state index in [1.54, 1.807) is 23.1 Å². The SMILES string of the molecule is O=C(c1cccc(O)c1)N1CCCC2(C1)OCCO2. The number of aromatic hydroxyl groups is 1. The second kappa shape index (κ2) is 4.83. The van der Waals surface area contributed by atoms with Gasteiger partial charge in [-0.2, -0.15) is 0 Å². The molecular formula is C14H17NO4. The number of likely N-dealkylation sites (tertiary alicyclic amines) is 1. The van der Waals surface area contributed by atoms with Gasteiger partial charge in [0.1, 0.15) is 5.75 Å². The molecule has 5 nitrogen and oxygen atoms in total. The second-order valence-electron chi connectivity index (χ2n) is 4.99. The van der Waals surface area contributed by atoms with Gasteiger partial charge in [0.2, 0.25) is 0 Å².